The van der Waals surface area contributed by atoms with Gasteiger partial charge in [-0.3, -0.25) is 0 Å². The topological polar surface area (TPSA) is 41.5 Å². The SMILES string of the molecule is COc1ccc(C(CO)NC2CCCC2)cc1Cl. The van der Waals surface area contributed by atoms with Crippen molar-refractivity contribution in [3.8, 4) is 5.75 Å². The zero-order chi connectivity index (χ0) is 13.0. The molecule has 3 nitrogen and oxygen atoms in total. The number of nitrogens with one attached hydrogen (secondary N) is 1. The second-order valence-corrected chi connectivity index (χ2v) is 5.18. The maximum atomic E-state index is 9.52. The van der Waals surface area contributed by atoms with Gasteiger partial charge in [-0.25, -0.2) is 0 Å². The molecule has 0 heterocycles. The minimum absolute atomic E-state index is 0.0449. The summed E-state index contributed by atoms with van der Waals surface area (Å²) in [6.45, 7) is 0.0825. The van der Waals surface area contributed by atoms with Gasteiger partial charge in [-0.1, -0.05) is 30.5 Å². The molecule has 0 aliphatic heterocycles. The van der Waals surface area contributed by atoms with Crippen LogP contribution in [-0.2, 0) is 0 Å². The molecule has 100 valence electrons. The van der Waals surface area contributed by atoms with E-state index < -0.39 is 0 Å². The Morgan fingerprint density at radius 1 is 1.44 bits per heavy atom. The average molecular weight is 270 g/mol. The van der Waals surface area contributed by atoms with Gasteiger partial charge in [-0.2, -0.15) is 0 Å². The quantitative estimate of drug-likeness (QED) is 0.864. The van der Waals surface area contributed by atoms with Crippen LogP contribution in [0.15, 0.2) is 18.2 Å². The number of benzene rings is 1. The molecule has 0 amide bonds. The third-order valence-electron chi connectivity index (χ3n) is 3.55. The largest absolute Gasteiger partial charge is 0.495 e. The van der Waals surface area contributed by atoms with Gasteiger partial charge in [0.15, 0.2) is 0 Å². The van der Waals surface area contributed by atoms with Crippen LogP contribution in [0, 0.1) is 0 Å². The van der Waals surface area contributed by atoms with Crippen LogP contribution >= 0.6 is 11.6 Å². The summed E-state index contributed by atoms with van der Waals surface area (Å²) in [5.74, 6) is 0.665. The fourth-order valence-electron chi connectivity index (χ4n) is 2.53. The smallest absolute Gasteiger partial charge is 0.137 e. The lowest BCUT2D eigenvalue weighted by Crippen LogP contribution is -2.32. The standard InChI is InChI=1S/C14H20ClNO2/c1-18-14-7-6-10(8-12(14)15)13(9-17)16-11-4-2-3-5-11/h6-8,11,13,16-17H,2-5,9H2,1H3. The van der Waals surface area contributed by atoms with Gasteiger partial charge in [-0.05, 0) is 30.5 Å². The summed E-state index contributed by atoms with van der Waals surface area (Å²) in [4.78, 5) is 0. The second-order valence-electron chi connectivity index (χ2n) is 4.78. The summed E-state index contributed by atoms with van der Waals surface area (Å²) in [6.07, 6.45) is 4.94. The first-order chi connectivity index (χ1) is 8.74. The first-order valence-electron chi connectivity index (χ1n) is 6.45. The van der Waals surface area contributed by atoms with Crippen LogP contribution in [0.25, 0.3) is 0 Å². The first kappa shape index (κ1) is 13.7. The van der Waals surface area contributed by atoms with E-state index in [1.165, 1.54) is 25.7 Å². The van der Waals surface area contributed by atoms with Crippen molar-refractivity contribution in [3.05, 3.63) is 28.8 Å². The lowest BCUT2D eigenvalue weighted by atomic mass is 10.1. The number of hydrogen-bond donors (Lipinski definition) is 2. The van der Waals surface area contributed by atoms with Crippen LogP contribution in [0.2, 0.25) is 5.02 Å². The fourth-order valence-corrected chi connectivity index (χ4v) is 2.80. The molecule has 18 heavy (non-hydrogen) atoms. The number of rotatable bonds is 5. The Morgan fingerprint density at radius 3 is 2.72 bits per heavy atom. The zero-order valence-electron chi connectivity index (χ0n) is 10.7. The van der Waals surface area contributed by atoms with Crippen LogP contribution in [0.1, 0.15) is 37.3 Å². The molecule has 0 radical (unpaired) electrons. The Hall–Kier alpha value is -0.770. The molecule has 1 aromatic carbocycles. The minimum Gasteiger partial charge on any atom is -0.495 e. The minimum atomic E-state index is -0.0449. The van der Waals surface area contributed by atoms with Gasteiger partial charge in [0.05, 0.1) is 24.8 Å². The Labute approximate surface area is 113 Å². The molecule has 2 N–H and O–H groups in total. The summed E-state index contributed by atoms with van der Waals surface area (Å²) in [5, 5.41) is 13.6. The van der Waals surface area contributed by atoms with Crippen molar-refractivity contribution in [1.82, 2.24) is 5.32 Å². The summed E-state index contributed by atoms with van der Waals surface area (Å²) in [5.41, 5.74) is 1.01. The molecule has 1 aliphatic carbocycles. The number of halogens is 1. The monoisotopic (exact) mass is 269 g/mol. The highest BCUT2D eigenvalue weighted by Crippen LogP contribution is 2.28. The maximum Gasteiger partial charge on any atom is 0.137 e. The molecule has 0 bridgehead atoms. The molecule has 1 fully saturated rings. The third kappa shape index (κ3) is 3.16. The van der Waals surface area contributed by atoms with E-state index in [2.05, 4.69) is 5.32 Å². The summed E-state index contributed by atoms with van der Waals surface area (Å²) < 4.78 is 5.13. The van der Waals surface area contributed by atoms with E-state index in [1.807, 2.05) is 18.2 Å². The van der Waals surface area contributed by atoms with Crippen molar-refractivity contribution in [2.24, 2.45) is 0 Å². The highest BCUT2D eigenvalue weighted by atomic mass is 35.5. The molecule has 4 heteroatoms. The molecular weight excluding hydrogens is 250 g/mol. The number of aliphatic hydroxyl groups is 1. The van der Waals surface area contributed by atoms with Crippen molar-refractivity contribution in [3.63, 3.8) is 0 Å². The van der Waals surface area contributed by atoms with Gasteiger partial charge < -0.3 is 15.2 Å². The van der Waals surface area contributed by atoms with Gasteiger partial charge in [0.2, 0.25) is 0 Å². The summed E-state index contributed by atoms with van der Waals surface area (Å²) in [7, 11) is 1.60. The highest BCUT2D eigenvalue weighted by Gasteiger charge is 2.20. The Bertz CT molecular complexity index is 391. The predicted octanol–water partition coefficient (Wildman–Crippen LogP) is 2.91. The molecule has 1 atom stereocenters. The Morgan fingerprint density at radius 2 is 2.17 bits per heavy atom. The van der Waals surface area contributed by atoms with Gasteiger partial charge in [0, 0.05) is 6.04 Å². The number of aliphatic hydroxyl groups excluding tert-OH is 1. The van der Waals surface area contributed by atoms with Crippen LogP contribution in [0.4, 0.5) is 0 Å². The molecule has 1 unspecified atom stereocenters. The zero-order valence-corrected chi connectivity index (χ0v) is 11.4. The molecule has 2 rings (SSSR count). The van der Waals surface area contributed by atoms with Gasteiger partial charge in [-0.15, -0.1) is 0 Å². The van der Waals surface area contributed by atoms with Crippen molar-refractivity contribution >= 4 is 11.6 Å². The first-order valence-corrected chi connectivity index (χ1v) is 6.82. The number of methoxy groups -OCH3 is 1. The number of hydrogen-bond acceptors (Lipinski definition) is 3. The third-order valence-corrected chi connectivity index (χ3v) is 3.85. The van der Waals surface area contributed by atoms with Gasteiger partial charge in [0.25, 0.3) is 0 Å². The Kier molecular flexibility index (Phi) is 4.87. The predicted molar refractivity (Wildman–Crippen MR) is 73.2 cm³/mol. The molecule has 1 aromatic rings. The Balaban J connectivity index is 2.08. The number of ether oxygens (including phenoxy) is 1. The second kappa shape index (κ2) is 6.41. The van der Waals surface area contributed by atoms with E-state index in [9.17, 15) is 5.11 Å². The van der Waals surface area contributed by atoms with Crippen molar-refractivity contribution in [2.75, 3.05) is 13.7 Å². The van der Waals surface area contributed by atoms with Crippen molar-refractivity contribution < 1.29 is 9.84 Å². The van der Waals surface area contributed by atoms with Gasteiger partial charge in [0.1, 0.15) is 5.75 Å². The molecular formula is C14H20ClNO2. The van der Waals surface area contributed by atoms with Crippen LogP contribution in [-0.4, -0.2) is 24.9 Å². The van der Waals surface area contributed by atoms with Crippen LogP contribution in [0.5, 0.6) is 5.75 Å². The van der Waals surface area contributed by atoms with Crippen molar-refractivity contribution in [1.29, 1.82) is 0 Å². The lowest BCUT2D eigenvalue weighted by Gasteiger charge is -2.22. The lowest BCUT2D eigenvalue weighted by molar-refractivity contribution is 0.233. The molecule has 0 spiro atoms. The highest BCUT2D eigenvalue weighted by molar-refractivity contribution is 6.32. The van der Waals surface area contributed by atoms with E-state index in [0.717, 1.165) is 5.56 Å². The van der Waals surface area contributed by atoms with E-state index in [1.54, 1.807) is 7.11 Å². The van der Waals surface area contributed by atoms with Crippen LogP contribution < -0.4 is 10.1 Å². The molecule has 0 saturated heterocycles. The van der Waals surface area contributed by atoms with E-state index in [4.69, 9.17) is 16.3 Å². The molecule has 1 saturated carbocycles. The fraction of sp³-hybridized carbons (Fsp3) is 0.571. The van der Waals surface area contributed by atoms with E-state index in [0.29, 0.717) is 16.8 Å². The van der Waals surface area contributed by atoms with Crippen LogP contribution in [0.3, 0.4) is 0 Å². The average Bonchev–Trinajstić information content (AvgIpc) is 2.88. The van der Waals surface area contributed by atoms with E-state index in [-0.39, 0.29) is 12.6 Å². The van der Waals surface area contributed by atoms with Gasteiger partial charge >= 0.3 is 0 Å². The molecule has 0 aromatic heterocycles. The maximum absolute atomic E-state index is 9.52. The van der Waals surface area contributed by atoms with Crippen molar-refractivity contribution in [2.45, 2.75) is 37.8 Å². The molecule has 1 aliphatic rings. The normalized spacial score (nSPS) is 17.9. The summed E-state index contributed by atoms with van der Waals surface area (Å²) >= 11 is 6.11. The summed E-state index contributed by atoms with van der Waals surface area (Å²) in [6, 6.07) is 6.13. The van der Waals surface area contributed by atoms with E-state index >= 15 is 0 Å².